The smallest absolute Gasteiger partial charge is 0.289 e. The second-order valence-electron chi connectivity index (χ2n) is 7.61. The number of nitrogens with zero attached hydrogens (tertiary/aromatic N) is 3. The van der Waals surface area contributed by atoms with Crippen molar-refractivity contribution in [2.24, 2.45) is 0 Å². The molecule has 2 aromatic carbocycles. The highest BCUT2D eigenvalue weighted by atomic mass is 35.5. The van der Waals surface area contributed by atoms with Gasteiger partial charge in [-0.05, 0) is 30.3 Å². The molecule has 0 atom stereocenters. The molecule has 0 bridgehead atoms. The van der Waals surface area contributed by atoms with E-state index in [4.69, 9.17) is 21.0 Å². The van der Waals surface area contributed by atoms with Crippen LogP contribution in [0.25, 0.3) is 22.2 Å². The van der Waals surface area contributed by atoms with Gasteiger partial charge in [-0.25, -0.2) is 4.98 Å². The Morgan fingerprint density at radius 1 is 0.844 bits per heavy atom. The SMILES string of the molecule is O=C(c1ccco1)N1CCN(C(=O)c2cc(-c3ccccc3Cl)nc3ccccc23)CC1. The molecule has 1 aliphatic heterocycles. The molecule has 160 valence electrons. The first-order valence-electron chi connectivity index (χ1n) is 10.4. The molecule has 0 radical (unpaired) electrons. The molecule has 7 heteroatoms. The molecular formula is C25H20ClN3O3. The van der Waals surface area contributed by atoms with E-state index < -0.39 is 0 Å². The molecule has 0 spiro atoms. The molecule has 0 aliphatic carbocycles. The van der Waals surface area contributed by atoms with Gasteiger partial charge in [0, 0.05) is 42.2 Å². The number of para-hydroxylation sites is 1. The van der Waals surface area contributed by atoms with Gasteiger partial charge in [0.15, 0.2) is 5.76 Å². The lowest BCUT2D eigenvalue weighted by molar-refractivity contribution is 0.0519. The lowest BCUT2D eigenvalue weighted by Gasteiger charge is -2.34. The van der Waals surface area contributed by atoms with Crippen LogP contribution in [0.2, 0.25) is 5.02 Å². The van der Waals surface area contributed by atoms with Crippen molar-refractivity contribution in [1.82, 2.24) is 14.8 Å². The van der Waals surface area contributed by atoms with E-state index in [2.05, 4.69) is 0 Å². The first-order valence-corrected chi connectivity index (χ1v) is 10.8. The number of hydrogen-bond donors (Lipinski definition) is 0. The summed E-state index contributed by atoms with van der Waals surface area (Å²) in [6.07, 6.45) is 1.48. The van der Waals surface area contributed by atoms with Crippen molar-refractivity contribution in [3.8, 4) is 11.3 Å². The molecular weight excluding hydrogens is 426 g/mol. The van der Waals surface area contributed by atoms with Gasteiger partial charge in [0.25, 0.3) is 11.8 Å². The molecule has 2 amide bonds. The molecule has 5 rings (SSSR count). The van der Waals surface area contributed by atoms with Crippen LogP contribution in [-0.4, -0.2) is 52.8 Å². The van der Waals surface area contributed by atoms with Gasteiger partial charge < -0.3 is 14.2 Å². The van der Waals surface area contributed by atoms with Gasteiger partial charge in [0.1, 0.15) is 0 Å². The van der Waals surface area contributed by atoms with Gasteiger partial charge in [-0.15, -0.1) is 0 Å². The second-order valence-corrected chi connectivity index (χ2v) is 8.02. The molecule has 4 aromatic rings. The number of furan rings is 1. The molecule has 32 heavy (non-hydrogen) atoms. The monoisotopic (exact) mass is 445 g/mol. The highest BCUT2D eigenvalue weighted by Crippen LogP contribution is 2.30. The number of pyridine rings is 1. The van der Waals surface area contributed by atoms with E-state index in [1.54, 1.807) is 21.9 Å². The number of rotatable bonds is 3. The maximum absolute atomic E-state index is 13.5. The summed E-state index contributed by atoms with van der Waals surface area (Å²) in [6, 6.07) is 20.2. The number of fused-ring (bicyclic) bond motifs is 1. The van der Waals surface area contributed by atoms with Crippen LogP contribution in [0.5, 0.6) is 0 Å². The minimum atomic E-state index is -0.155. The Morgan fingerprint density at radius 2 is 1.53 bits per heavy atom. The Bertz CT molecular complexity index is 1300. The molecule has 1 fully saturated rings. The zero-order chi connectivity index (χ0) is 22.1. The third-order valence-corrected chi connectivity index (χ3v) is 6.01. The van der Waals surface area contributed by atoms with Gasteiger partial charge in [0.2, 0.25) is 0 Å². The van der Waals surface area contributed by atoms with Crippen molar-refractivity contribution in [3.05, 3.63) is 89.3 Å². The second kappa shape index (κ2) is 8.48. The summed E-state index contributed by atoms with van der Waals surface area (Å²) in [6.45, 7) is 1.80. The molecule has 0 unspecified atom stereocenters. The first-order chi connectivity index (χ1) is 15.6. The minimum absolute atomic E-state index is 0.0815. The molecule has 2 aromatic heterocycles. The van der Waals surface area contributed by atoms with Crippen LogP contribution in [0.4, 0.5) is 0 Å². The quantitative estimate of drug-likeness (QED) is 0.456. The van der Waals surface area contributed by atoms with Crippen molar-refractivity contribution in [2.75, 3.05) is 26.2 Å². The minimum Gasteiger partial charge on any atom is -0.459 e. The normalized spacial score (nSPS) is 14.0. The van der Waals surface area contributed by atoms with Crippen molar-refractivity contribution < 1.29 is 14.0 Å². The van der Waals surface area contributed by atoms with Crippen LogP contribution < -0.4 is 0 Å². The Balaban J connectivity index is 1.44. The van der Waals surface area contributed by atoms with E-state index in [9.17, 15) is 9.59 Å². The van der Waals surface area contributed by atoms with Gasteiger partial charge in [-0.3, -0.25) is 9.59 Å². The zero-order valence-corrected chi connectivity index (χ0v) is 18.0. The molecule has 1 aliphatic rings. The number of halogens is 1. The number of amides is 2. The summed E-state index contributed by atoms with van der Waals surface area (Å²) < 4.78 is 5.22. The molecule has 0 saturated carbocycles. The third-order valence-electron chi connectivity index (χ3n) is 5.68. The highest BCUT2D eigenvalue weighted by molar-refractivity contribution is 6.33. The predicted octanol–water partition coefficient (Wildman–Crippen LogP) is 4.75. The van der Waals surface area contributed by atoms with Crippen LogP contribution in [0, 0.1) is 0 Å². The Labute approximate surface area is 190 Å². The van der Waals surface area contributed by atoms with E-state index >= 15 is 0 Å². The molecule has 0 N–H and O–H groups in total. The summed E-state index contributed by atoms with van der Waals surface area (Å²) in [7, 11) is 0. The van der Waals surface area contributed by atoms with Crippen LogP contribution in [0.3, 0.4) is 0 Å². The topological polar surface area (TPSA) is 66.7 Å². The number of piperazine rings is 1. The van der Waals surface area contributed by atoms with E-state index in [-0.39, 0.29) is 11.8 Å². The fourth-order valence-corrected chi connectivity index (χ4v) is 4.23. The summed E-state index contributed by atoms with van der Waals surface area (Å²) in [5, 5.41) is 1.38. The van der Waals surface area contributed by atoms with Crippen molar-refractivity contribution in [1.29, 1.82) is 0 Å². The molecule has 6 nitrogen and oxygen atoms in total. The van der Waals surface area contributed by atoms with Crippen molar-refractivity contribution >= 4 is 34.3 Å². The van der Waals surface area contributed by atoms with Crippen LogP contribution in [-0.2, 0) is 0 Å². The number of carbonyl (C=O) groups is 2. The Hall–Kier alpha value is -3.64. The van der Waals surface area contributed by atoms with Crippen LogP contribution in [0.1, 0.15) is 20.9 Å². The maximum atomic E-state index is 13.5. The van der Waals surface area contributed by atoms with Gasteiger partial charge in [0.05, 0.1) is 23.0 Å². The average molecular weight is 446 g/mol. The van der Waals surface area contributed by atoms with E-state index in [0.717, 1.165) is 16.5 Å². The number of benzene rings is 2. The fraction of sp³-hybridized carbons (Fsp3) is 0.160. The summed E-state index contributed by atoms with van der Waals surface area (Å²) in [5.41, 5.74) is 2.75. The highest BCUT2D eigenvalue weighted by Gasteiger charge is 2.28. The Kier molecular flexibility index (Phi) is 5.37. The van der Waals surface area contributed by atoms with E-state index in [1.165, 1.54) is 6.26 Å². The number of hydrogen-bond acceptors (Lipinski definition) is 4. The summed E-state index contributed by atoms with van der Waals surface area (Å²) >= 11 is 6.40. The first kappa shape index (κ1) is 20.3. The van der Waals surface area contributed by atoms with Gasteiger partial charge >= 0.3 is 0 Å². The standard InChI is InChI=1S/C25H20ClN3O3/c26-20-8-3-1-7-18(20)22-16-19(17-6-2-4-9-21(17)27-22)24(30)28-11-13-29(14-12-28)25(31)23-10-5-15-32-23/h1-10,15-16H,11-14H2. The summed E-state index contributed by atoms with van der Waals surface area (Å²) in [5.74, 6) is 0.0775. The van der Waals surface area contributed by atoms with Crippen molar-refractivity contribution in [3.63, 3.8) is 0 Å². The number of carbonyl (C=O) groups excluding carboxylic acids is 2. The zero-order valence-electron chi connectivity index (χ0n) is 17.2. The van der Waals surface area contributed by atoms with Crippen LogP contribution >= 0.6 is 11.6 Å². The lowest BCUT2D eigenvalue weighted by atomic mass is 10.0. The third kappa shape index (κ3) is 3.74. The summed E-state index contributed by atoms with van der Waals surface area (Å²) in [4.78, 5) is 34.3. The number of aromatic nitrogens is 1. The fourth-order valence-electron chi connectivity index (χ4n) is 4.00. The van der Waals surface area contributed by atoms with E-state index in [1.807, 2.05) is 54.6 Å². The van der Waals surface area contributed by atoms with Gasteiger partial charge in [-0.1, -0.05) is 48.0 Å². The van der Waals surface area contributed by atoms with Crippen LogP contribution in [0.15, 0.2) is 77.4 Å². The lowest BCUT2D eigenvalue weighted by Crippen LogP contribution is -2.50. The van der Waals surface area contributed by atoms with Crippen molar-refractivity contribution in [2.45, 2.75) is 0 Å². The molecule has 1 saturated heterocycles. The van der Waals surface area contributed by atoms with Gasteiger partial charge in [-0.2, -0.15) is 0 Å². The Morgan fingerprint density at radius 3 is 2.25 bits per heavy atom. The average Bonchev–Trinajstić information content (AvgIpc) is 3.38. The molecule has 3 heterocycles. The largest absolute Gasteiger partial charge is 0.459 e. The van der Waals surface area contributed by atoms with E-state index in [0.29, 0.717) is 48.2 Å². The predicted molar refractivity (Wildman–Crippen MR) is 123 cm³/mol. The maximum Gasteiger partial charge on any atom is 0.289 e.